The predicted molar refractivity (Wildman–Crippen MR) is 81.4 cm³/mol. The molecule has 2 rings (SSSR count). The molecule has 0 radical (unpaired) electrons. The van der Waals surface area contributed by atoms with Crippen molar-refractivity contribution in [3.05, 3.63) is 41.2 Å². The van der Waals surface area contributed by atoms with Crippen LogP contribution in [0.3, 0.4) is 0 Å². The smallest absolute Gasteiger partial charge is 0.146 e. The van der Waals surface area contributed by atoms with Crippen molar-refractivity contribution in [3.8, 4) is 0 Å². The van der Waals surface area contributed by atoms with Gasteiger partial charge in [0.15, 0.2) is 0 Å². The van der Waals surface area contributed by atoms with E-state index in [1.165, 1.54) is 11.6 Å². The number of rotatable bonds is 2. The second-order valence-corrected chi connectivity index (χ2v) is 6.53. The minimum Gasteiger partial charge on any atom is -0.389 e. The van der Waals surface area contributed by atoms with E-state index in [1.54, 1.807) is 19.1 Å². The molecule has 0 unspecified atom stereocenters. The molecule has 2 nitrogen and oxygen atoms in total. The predicted octanol–water partition coefficient (Wildman–Crippen LogP) is 4.06. The Labute approximate surface area is 120 Å². The van der Waals surface area contributed by atoms with Gasteiger partial charge in [0.2, 0.25) is 0 Å². The topological polar surface area (TPSA) is 23.5 Å². The molecule has 0 aromatic heterocycles. The molecule has 20 heavy (non-hydrogen) atoms. The normalized spacial score (nSPS) is 17.9. The Balaban J connectivity index is 2.30. The molecule has 1 N–H and O–H groups in total. The second-order valence-electron chi connectivity index (χ2n) is 6.53. The molecule has 1 atom stereocenters. The first-order valence-electron chi connectivity index (χ1n) is 7.21. The van der Waals surface area contributed by atoms with Crippen molar-refractivity contribution in [1.82, 2.24) is 0 Å². The summed E-state index contributed by atoms with van der Waals surface area (Å²) in [5.41, 5.74) is 2.81. The van der Waals surface area contributed by atoms with Gasteiger partial charge in [-0.2, -0.15) is 0 Å². The van der Waals surface area contributed by atoms with Crippen molar-refractivity contribution in [2.24, 2.45) is 5.41 Å². The van der Waals surface area contributed by atoms with Crippen LogP contribution in [0, 0.1) is 11.2 Å². The van der Waals surface area contributed by atoms with Gasteiger partial charge in [-0.1, -0.05) is 44.6 Å². The van der Waals surface area contributed by atoms with Gasteiger partial charge in [0.1, 0.15) is 5.82 Å². The highest BCUT2D eigenvalue weighted by molar-refractivity contribution is 5.57. The van der Waals surface area contributed by atoms with Gasteiger partial charge in [-0.05, 0) is 24.8 Å². The molecule has 0 saturated carbocycles. The van der Waals surface area contributed by atoms with Crippen LogP contribution >= 0.6 is 0 Å². The molecule has 1 aliphatic rings. The first kappa shape index (κ1) is 15.0. The molecule has 0 amide bonds. The van der Waals surface area contributed by atoms with Gasteiger partial charge in [0, 0.05) is 18.7 Å². The zero-order valence-corrected chi connectivity index (χ0v) is 12.8. The van der Waals surface area contributed by atoms with Gasteiger partial charge in [-0.15, -0.1) is 0 Å². The standard InChI is InChI=1S/C17H24FNO/c1-12(20)14-6-5-7-15(18)16(14)19-10-8-13(9-11-19)17(2,3)4/h5-8,12,20H,9-11H2,1-4H3/t12-/m0/s1. The lowest BCUT2D eigenvalue weighted by Crippen LogP contribution is -2.32. The molecule has 1 heterocycles. The number of benzene rings is 1. The lowest BCUT2D eigenvalue weighted by molar-refractivity contribution is 0.199. The molecule has 110 valence electrons. The van der Waals surface area contributed by atoms with E-state index in [-0.39, 0.29) is 11.2 Å². The number of para-hydroxylation sites is 1. The Morgan fingerprint density at radius 3 is 2.50 bits per heavy atom. The van der Waals surface area contributed by atoms with E-state index in [0.717, 1.165) is 13.0 Å². The molecule has 3 heteroatoms. The summed E-state index contributed by atoms with van der Waals surface area (Å²) in [4.78, 5) is 2.02. The first-order valence-corrected chi connectivity index (χ1v) is 7.21. The molecular weight excluding hydrogens is 253 g/mol. The lowest BCUT2D eigenvalue weighted by Gasteiger charge is -2.34. The van der Waals surface area contributed by atoms with E-state index in [9.17, 15) is 9.50 Å². The first-order chi connectivity index (χ1) is 9.30. The number of anilines is 1. The van der Waals surface area contributed by atoms with Gasteiger partial charge in [-0.3, -0.25) is 0 Å². The van der Waals surface area contributed by atoms with Crippen LogP contribution in [0.25, 0.3) is 0 Å². The summed E-state index contributed by atoms with van der Waals surface area (Å²) in [6, 6.07) is 4.91. The van der Waals surface area contributed by atoms with Crippen LogP contribution in [0.1, 0.15) is 45.8 Å². The minimum absolute atomic E-state index is 0.175. The molecule has 1 aromatic rings. The largest absolute Gasteiger partial charge is 0.389 e. The molecule has 0 saturated heterocycles. The zero-order chi connectivity index (χ0) is 14.9. The average Bonchev–Trinajstić information content (AvgIpc) is 2.37. The van der Waals surface area contributed by atoms with E-state index in [4.69, 9.17) is 0 Å². The molecule has 1 aliphatic heterocycles. The third kappa shape index (κ3) is 3.04. The maximum Gasteiger partial charge on any atom is 0.146 e. The SMILES string of the molecule is C[C@H](O)c1cccc(F)c1N1CC=C(C(C)(C)C)CC1. The highest BCUT2D eigenvalue weighted by Crippen LogP contribution is 2.35. The van der Waals surface area contributed by atoms with Crippen molar-refractivity contribution < 1.29 is 9.50 Å². The molecular formula is C17H24FNO. The summed E-state index contributed by atoms with van der Waals surface area (Å²) in [6.07, 6.45) is 2.48. The Kier molecular flexibility index (Phi) is 4.19. The number of halogens is 1. The van der Waals surface area contributed by atoms with Crippen LogP contribution in [0.2, 0.25) is 0 Å². The van der Waals surface area contributed by atoms with Crippen LogP contribution in [0.5, 0.6) is 0 Å². The van der Waals surface area contributed by atoms with Crippen LogP contribution in [-0.4, -0.2) is 18.2 Å². The van der Waals surface area contributed by atoms with Crippen LogP contribution in [0.15, 0.2) is 29.8 Å². The van der Waals surface area contributed by atoms with E-state index in [0.29, 0.717) is 17.8 Å². The van der Waals surface area contributed by atoms with Gasteiger partial charge in [0.05, 0.1) is 11.8 Å². The van der Waals surface area contributed by atoms with Gasteiger partial charge in [-0.25, -0.2) is 4.39 Å². The highest BCUT2D eigenvalue weighted by Gasteiger charge is 2.24. The highest BCUT2D eigenvalue weighted by atomic mass is 19.1. The Morgan fingerprint density at radius 1 is 1.30 bits per heavy atom. The quantitative estimate of drug-likeness (QED) is 0.824. The van der Waals surface area contributed by atoms with Crippen molar-refractivity contribution in [1.29, 1.82) is 0 Å². The van der Waals surface area contributed by atoms with Gasteiger partial charge < -0.3 is 10.0 Å². The Morgan fingerprint density at radius 2 is 2.00 bits per heavy atom. The Bertz CT molecular complexity index is 514. The monoisotopic (exact) mass is 277 g/mol. The van der Waals surface area contributed by atoms with Crippen LogP contribution in [0.4, 0.5) is 10.1 Å². The molecule has 0 spiro atoms. The van der Waals surface area contributed by atoms with Crippen LogP contribution in [-0.2, 0) is 0 Å². The molecule has 0 fully saturated rings. The van der Waals surface area contributed by atoms with E-state index >= 15 is 0 Å². The number of aliphatic hydroxyl groups is 1. The molecule has 0 aliphatic carbocycles. The summed E-state index contributed by atoms with van der Waals surface area (Å²) < 4.78 is 14.2. The number of aliphatic hydroxyl groups excluding tert-OH is 1. The second kappa shape index (κ2) is 5.57. The summed E-state index contributed by atoms with van der Waals surface area (Å²) in [5, 5.41) is 9.83. The maximum absolute atomic E-state index is 14.2. The number of hydrogen-bond donors (Lipinski definition) is 1. The van der Waals surface area contributed by atoms with Crippen molar-refractivity contribution in [2.75, 3.05) is 18.0 Å². The number of nitrogens with zero attached hydrogens (tertiary/aromatic N) is 1. The Hall–Kier alpha value is -1.35. The zero-order valence-electron chi connectivity index (χ0n) is 12.8. The fourth-order valence-electron chi connectivity index (χ4n) is 2.76. The average molecular weight is 277 g/mol. The fourth-order valence-corrected chi connectivity index (χ4v) is 2.76. The van der Waals surface area contributed by atoms with Crippen molar-refractivity contribution in [2.45, 2.75) is 40.2 Å². The third-order valence-electron chi connectivity index (χ3n) is 3.96. The summed E-state index contributed by atoms with van der Waals surface area (Å²) >= 11 is 0. The van der Waals surface area contributed by atoms with E-state index < -0.39 is 6.10 Å². The van der Waals surface area contributed by atoms with Crippen molar-refractivity contribution in [3.63, 3.8) is 0 Å². The summed E-state index contributed by atoms with van der Waals surface area (Å²) in [7, 11) is 0. The fraction of sp³-hybridized carbons (Fsp3) is 0.529. The van der Waals surface area contributed by atoms with E-state index in [1.807, 2.05) is 4.90 Å². The molecule has 0 bridgehead atoms. The summed E-state index contributed by atoms with van der Waals surface area (Å²) in [5.74, 6) is -0.254. The van der Waals surface area contributed by atoms with Crippen molar-refractivity contribution >= 4 is 5.69 Å². The third-order valence-corrected chi connectivity index (χ3v) is 3.96. The van der Waals surface area contributed by atoms with Gasteiger partial charge in [0.25, 0.3) is 0 Å². The molecule has 1 aromatic carbocycles. The lowest BCUT2D eigenvalue weighted by atomic mass is 9.83. The van der Waals surface area contributed by atoms with Gasteiger partial charge >= 0.3 is 0 Å². The van der Waals surface area contributed by atoms with E-state index in [2.05, 4.69) is 26.8 Å². The van der Waals surface area contributed by atoms with Crippen LogP contribution < -0.4 is 4.90 Å². The summed E-state index contributed by atoms with van der Waals surface area (Å²) in [6.45, 7) is 9.80. The number of hydrogen-bond acceptors (Lipinski definition) is 2. The minimum atomic E-state index is -0.659. The maximum atomic E-state index is 14.2.